The van der Waals surface area contributed by atoms with Crippen LogP contribution in [0.3, 0.4) is 0 Å². The van der Waals surface area contributed by atoms with Gasteiger partial charge in [0, 0.05) is 11.6 Å². The highest BCUT2D eigenvalue weighted by Crippen LogP contribution is 2.39. The zero-order valence-corrected chi connectivity index (χ0v) is 13.3. The lowest BCUT2D eigenvalue weighted by Crippen LogP contribution is -2.04. The van der Waals surface area contributed by atoms with E-state index in [4.69, 9.17) is 4.74 Å². The van der Waals surface area contributed by atoms with E-state index in [-0.39, 0.29) is 11.5 Å². The Balaban J connectivity index is 1.63. The van der Waals surface area contributed by atoms with Crippen LogP contribution in [0.15, 0.2) is 61.4 Å². The molecule has 2 aromatic carbocycles. The van der Waals surface area contributed by atoms with Gasteiger partial charge in [-0.2, -0.15) is 0 Å². The van der Waals surface area contributed by atoms with Crippen LogP contribution < -0.4 is 4.74 Å². The highest BCUT2D eigenvalue weighted by Gasteiger charge is 2.19. The maximum Gasteiger partial charge on any atom is 0.335 e. The van der Waals surface area contributed by atoms with Crippen LogP contribution >= 0.6 is 0 Å². The van der Waals surface area contributed by atoms with Crippen LogP contribution in [0, 0.1) is 0 Å². The molecule has 0 amide bonds. The summed E-state index contributed by atoms with van der Waals surface area (Å²) < 4.78 is 4.98. The van der Waals surface area contributed by atoms with Crippen LogP contribution in [0.1, 0.15) is 11.1 Å². The van der Waals surface area contributed by atoms with Crippen molar-refractivity contribution in [3.63, 3.8) is 0 Å². The normalized spacial score (nSPS) is 11.5. The highest BCUT2D eigenvalue weighted by atomic mass is 16.5. The Bertz CT molecular complexity index is 994. The van der Waals surface area contributed by atoms with Gasteiger partial charge in [-0.15, -0.1) is 0 Å². The second kappa shape index (κ2) is 5.87. The molecule has 5 nitrogen and oxygen atoms in total. The predicted octanol–water partition coefficient (Wildman–Crippen LogP) is 3.51. The lowest BCUT2D eigenvalue weighted by atomic mass is 10.0. The first-order valence-corrected chi connectivity index (χ1v) is 7.76. The molecule has 0 unspecified atom stereocenters. The summed E-state index contributed by atoms with van der Waals surface area (Å²) in [5.41, 5.74) is 5.48. The van der Waals surface area contributed by atoms with Gasteiger partial charge in [0.2, 0.25) is 0 Å². The number of benzene rings is 2. The fraction of sp³-hybridized carbons (Fsp3) is 0.0500. The Kier molecular flexibility index (Phi) is 3.54. The van der Waals surface area contributed by atoms with Crippen molar-refractivity contribution in [3.8, 4) is 34.0 Å². The summed E-state index contributed by atoms with van der Waals surface area (Å²) in [5, 5.41) is 9.65. The first kappa shape index (κ1) is 15.1. The lowest BCUT2D eigenvalue weighted by molar-refractivity contribution is -0.129. The van der Waals surface area contributed by atoms with E-state index in [0.717, 1.165) is 34.8 Å². The topological polar surface area (TPSA) is 72.3 Å². The summed E-state index contributed by atoms with van der Waals surface area (Å²) in [5.74, 6) is 0.562. The molecule has 4 rings (SSSR count). The molecule has 0 aliphatic heterocycles. The van der Waals surface area contributed by atoms with Crippen molar-refractivity contribution in [2.45, 2.75) is 6.42 Å². The number of phenols is 1. The van der Waals surface area contributed by atoms with Gasteiger partial charge in [0.25, 0.3) is 0 Å². The van der Waals surface area contributed by atoms with Gasteiger partial charge in [-0.1, -0.05) is 24.8 Å². The molecule has 1 aliphatic carbocycles. The largest absolute Gasteiger partial charge is 0.508 e. The number of carbonyl (C=O) groups excluding carboxylic acids is 1. The monoisotopic (exact) mass is 330 g/mol. The summed E-state index contributed by atoms with van der Waals surface area (Å²) in [4.78, 5) is 19.7. The third-order valence-corrected chi connectivity index (χ3v) is 4.14. The van der Waals surface area contributed by atoms with Gasteiger partial charge >= 0.3 is 5.97 Å². The number of aromatic hydroxyl groups is 1. The van der Waals surface area contributed by atoms with Crippen LogP contribution in [-0.2, 0) is 11.2 Å². The number of carbonyl (C=O) groups is 1. The minimum absolute atomic E-state index is 0.276. The quantitative estimate of drug-likeness (QED) is 0.460. The Morgan fingerprint density at radius 1 is 1.08 bits per heavy atom. The average Bonchev–Trinajstić information content (AvgIpc) is 2.98. The van der Waals surface area contributed by atoms with Crippen LogP contribution in [0.2, 0.25) is 0 Å². The summed E-state index contributed by atoms with van der Waals surface area (Å²) in [6.45, 7) is 3.35. The third kappa shape index (κ3) is 2.76. The van der Waals surface area contributed by atoms with Gasteiger partial charge in [0.15, 0.2) is 11.6 Å². The molecular weight excluding hydrogens is 316 g/mol. The number of ether oxygens (including phenoxy) is 1. The molecule has 0 saturated carbocycles. The average molecular weight is 330 g/mol. The van der Waals surface area contributed by atoms with E-state index in [1.807, 2.05) is 18.2 Å². The second-order valence-corrected chi connectivity index (χ2v) is 5.76. The maximum atomic E-state index is 11.2. The van der Waals surface area contributed by atoms with Gasteiger partial charge in [0.05, 0.1) is 12.4 Å². The number of aromatic nitrogens is 2. The smallest absolute Gasteiger partial charge is 0.335 e. The molecule has 0 bridgehead atoms. The van der Waals surface area contributed by atoms with Gasteiger partial charge in [-0.25, -0.2) is 14.8 Å². The molecule has 25 heavy (non-hydrogen) atoms. The SMILES string of the molecule is C=CC(=O)Oc1cnc(-c2ccc3c(c2)Cc2cc(O)ccc2-3)nc1. The Hall–Kier alpha value is -3.47. The number of hydrogen-bond acceptors (Lipinski definition) is 5. The van der Waals surface area contributed by atoms with E-state index in [9.17, 15) is 9.90 Å². The van der Waals surface area contributed by atoms with E-state index >= 15 is 0 Å². The number of hydrogen-bond donors (Lipinski definition) is 1. The molecule has 3 aromatic rings. The highest BCUT2D eigenvalue weighted by molar-refractivity contribution is 5.83. The van der Waals surface area contributed by atoms with E-state index in [1.54, 1.807) is 12.1 Å². The van der Waals surface area contributed by atoms with Crippen molar-refractivity contribution in [1.82, 2.24) is 9.97 Å². The summed E-state index contributed by atoms with van der Waals surface area (Å²) in [6, 6.07) is 11.5. The fourth-order valence-electron chi connectivity index (χ4n) is 3.01. The maximum absolute atomic E-state index is 11.2. The minimum Gasteiger partial charge on any atom is -0.508 e. The Morgan fingerprint density at radius 3 is 2.48 bits per heavy atom. The standard InChI is InChI=1S/C20H14N2O3/c1-2-19(24)25-16-10-21-20(22-11-16)12-3-5-17-13(7-12)8-14-9-15(23)4-6-18(14)17/h2-7,9-11,23H,1,8H2. The zero-order chi connectivity index (χ0) is 17.4. The van der Waals surface area contributed by atoms with E-state index in [0.29, 0.717) is 5.82 Å². The summed E-state index contributed by atoms with van der Waals surface area (Å²) in [6.07, 6.45) is 4.78. The third-order valence-electron chi connectivity index (χ3n) is 4.14. The minimum atomic E-state index is -0.546. The van der Waals surface area contributed by atoms with Crippen LogP contribution in [0.4, 0.5) is 0 Å². The van der Waals surface area contributed by atoms with Crippen molar-refractivity contribution in [2.75, 3.05) is 0 Å². The molecule has 5 heteroatoms. The molecule has 1 N–H and O–H groups in total. The molecule has 0 saturated heterocycles. The number of esters is 1. The van der Waals surface area contributed by atoms with Crippen molar-refractivity contribution in [1.29, 1.82) is 0 Å². The molecule has 0 radical (unpaired) electrons. The molecule has 0 fully saturated rings. The van der Waals surface area contributed by atoms with Crippen molar-refractivity contribution in [2.24, 2.45) is 0 Å². The number of fused-ring (bicyclic) bond motifs is 3. The van der Waals surface area contributed by atoms with E-state index in [2.05, 4.69) is 22.6 Å². The molecular formula is C20H14N2O3. The van der Waals surface area contributed by atoms with E-state index in [1.165, 1.54) is 18.0 Å². The molecule has 122 valence electrons. The summed E-state index contributed by atoms with van der Waals surface area (Å²) in [7, 11) is 0. The van der Waals surface area contributed by atoms with Gasteiger partial charge in [0.1, 0.15) is 5.75 Å². The lowest BCUT2D eigenvalue weighted by Gasteiger charge is -2.05. The van der Waals surface area contributed by atoms with Crippen LogP contribution in [0.5, 0.6) is 11.5 Å². The summed E-state index contributed by atoms with van der Waals surface area (Å²) >= 11 is 0. The Labute approximate surface area is 144 Å². The van der Waals surface area contributed by atoms with Crippen LogP contribution in [0.25, 0.3) is 22.5 Å². The number of rotatable bonds is 3. The first-order valence-electron chi connectivity index (χ1n) is 7.76. The van der Waals surface area contributed by atoms with Crippen LogP contribution in [-0.4, -0.2) is 21.0 Å². The van der Waals surface area contributed by atoms with Crippen molar-refractivity contribution < 1.29 is 14.6 Å². The van der Waals surface area contributed by atoms with Gasteiger partial charge < -0.3 is 9.84 Å². The number of nitrogens with zero attached hydrogens (tertiary/aromatic N) is 2. The van der Waals surface area contributed by atoms with Gasteiger partial charge in [-0.05, 0) is 46.9 Å². The molecule has 1 aromatic heterocycles. The predicted molar refractivity (Wildman–Crippen MR) is 93.2 cm³/mol. The van der Waals surface area contributed by atoms with E-state index < -0.39 is 5.97 Å². The first-order chi connectivity index (χ1) is 12.1. The van der Waals surface area contributed by atoms with Crippen molar-refractivity contribution in [3.05, 3.63) is 72.6 Å². The molecule has 0 spiro atoms. The molecule has 1 aliphatic rings. The molecule has 0 atom stereocenters. The van der Waals surface area contributed by atoms with Gasteiger partial charge in [-0.3, -0.25) is 0 Å². The zero-order valence-electron chi connectivity index (χ0n) is 13.3. The van der Waals surface area contributed by atoms with Crippen molar-refractivity contribution >= 4 is 5.97 Å². The Morgan fingerprint density at radius 2 is 1.76 bits per heavy atom. The number of phenolic OH excluding ortho intramolecular Hbond substituents is 1. The fourth-order valence-corrected chi connectivity index (χ4v) is 3.01. The second-order valence-electron chi connectivity index (χ2n) is 5.76. The molecule has 1 heterocycles.